The molecule has 4 N–H and O–H groups in total. The number of rotatable bonds is 8. The van der Waals surface area contributed by atoms with Crippen molar-refractivity contribution in [3.63, 3.8) is 0 Å². The minimum absolute atomic E-state index is 0.0975. The predicted molar refractivity (Wildman–Crippen MR) is 76.8 cm³/mol. The molecule has 128 valence electrons. The molecule has 0 aromatic carbocycles. The van der Waals surface area contributed by atoms with Gasteiger partial charge in [0.2, 0.25) is 0 Å². The molecule has 1 aliphatic rings. The summed E-state index contributed by atoms with van der Waals surface area (Å²) in [6.07, 6.45) is -0.587. The lowest BCUT2D eigenvalue weighted by molar-refractivity contribution is -0.166. The maximum Gasteiger partial charge on any atom is 0.307 e. The van der Waals surface area contributed by atoms with Gasteiger partial charge in [-0.1, -0.05) is 12.2 Å². The second kappa shape index (κ2) is 7.26. The Balaban J connectivity index is 3.36. The normalized spacial score (nSPS) is 19.6. The Bertz CT molecular complexity index is 490. The Morgan fingerprint density at radius 3 is 1.48 bits per heavy atom. The SMILES string of the molecule is C=C1CCC(C(CC(=O)O)C(=O)O)(C(CC(=O)O)C(=O)O)CC1. The van der Waals surface area contributed by atoms with Gasteiger partial charge in [0.25, 0.3) is 0 Å². The molecule has 8 nitrogen and oxygen atoms in total. The van der Waals surface area contributed by atoms with Crippen LogP contribution in [0.5, 0.6) is 0 Å². The fourth-order valence-corrected chi connectivity index (χ4v) is 3.43. The zero-order chi connectivity index (χ0) is 17.8. The van der Waals surface area contributed by atoms with Gasteiger partial charge in [0.15, 0.2) is 0 Å². The summed E-state index contributed by atoms with van der Waals surface area (Å²) in [5.74, 6) is -8.49. The molecule has 0 heterocycles. The van der Waals surface area contributed by atoms with Crippen LogP contribution in [0.25, 0.3) is 0 Å². The van der Waals surface area contributed by atoms with Crippen LogP contribution in [0.3, 0.4) is 0 Å². The van der Waals surface area contributed by atoms with Crippen molar-refractivity contribution in [2.45, 2.75) is 38.5 Å². The first kappa shape index (κ1) is 18.7. The van der Waals surface area contributed by atoms with Crippen LogP contribution in [0, 0.1) is 17.3 Å². The highest BCUT2D eigenvalue weighted by Crippen LogP contribution is 2.52. The van der Waals surface area contributed by atoms with E-state index in [1.165, 1.54) is 0 Å². The molecule has 0 aliphatic heterocycles. The molecule has 1 fully saturated rings. The number of carbonyl (C=O) groups is 4. The predicted octanol–water partition coefficient (Wildman–Crippen LogP) is 1.45. The van der Waals surface area contributed by atoms with E-state index in [-0.39, 0.29) is 12.8 Å². The first-order valence-electron chi connectivity index (χ1n) is 7.16. The Morgan fingerprint density at radius 1 is 0.870 bits per heavy atom. The maximum atomic E-state index is 11.6. The largest absolute Gasteiger partial charge is 0.481 e. The van der Waals surface area contributed by atoms with E-state index in [0.29, 0.717) is 12.8 Å². The molecule has 0 saturated heterocycles. The number of hydrogen-bond donors (Lipinski definition) is 4. The minimum atomic E-state index is -1.46. The smallest absolute Gasteiger partial charge is 0.307 e. The van der Waals surface area contributed by atoms with E-state index in [1.807, 2.05) is 0 Å². The molecular formula is C15H20O8. The molecule has 23 heavy (non-hydrogen) atoms. The van der Waals surface area contributed by atoms with E-state index in [4.69, 9.17) is 10.2 Å². The van der Waals surface area contributed by atoms with Crippen LogP contribution in [0.4, 0.5) is 0 Å². The molecule has 1 saturated carbocycles. The van der Waals surface area contributed by atoms with E-state index in [0.717, 1.165) is 5.57 Å². The lowest BCUT2D eigenvalue weighted by atomic mass is 9.57. The summed E-state index contributed by atoms with van der Waals surface area (Å²) in [6, 6.07) is 0. The van der Waals surface area contributed by atoms with Gasteiger partial charge in [-0.25, -0.2) is 0 Å². The number of carboxylic acid groups (broad SMARTS) is 4. The van der Waals surface area contributed by atoms with Gasteiger partial charge in [0.05, 0.1) is 24.7 Å². The van der Waals surface area contributed by atoms with Crippen molar-refractivity contribution in [1.82, 2.24) is 0 Å². The molecule has 1 aliphatic carbocycles. The molecule has 1 rings (SSSR count). The van der Waals surface area contributed by atoms with Crippen molar-refractivity contribution in [3.8, 4) is 0 Å². The van der Waals surface area contributed by atoms with Crippen molar-refractivity contribution in [3.05, 3.63) is 12.2 Å². The zero-order valence-corrected chi connectivity index (χ0v) is 12.5. The van der Waals surface area contributed by atoms with Gasteiger partial charge in [-0.05, 0) is 31.1 Å². The lowest BCUT2D eigenvalue weighted by Gasteiger charge is -2.45. The van der Waals surface area contributed by atoms with Crippen molar-refractivity contribution in [2.24, 2.45) is 17.3 Å². The van der Waals surface area contributed by atoms with E-state index < -0.39 is 54.0 Å². The van der Waals surface area contributed by atoms with Gasteiger partial charge < -0.3 is 20.4 Å². The topological polar surface area (TPSA) is 149 Å². The van der Waals surface area contributed by atoms with Gasteiger partial charge in [-0.2, -0.15) is 0 Å². The standard InChI is InChI=1S/C15H20O8/c1-8-2-4-15(5-3-8,9(13(20)21)6-11(16)17)10(14(22)23)7-12(18)19/h9-10H,1-7H2,(H,16,17)(H,18,19)(H,20,21)(H,22,23). The lowest BCUT2D eigenvalue weighted by Crippen LogP contribution is -2.48. The Morgan fingerprint density at radius 2 is 1.22 bits per heavy atom. The summed E-state index contributed by atoms with van der Waals surface area (Å²) in [4.78, 5) is 45.3. The van der Waals surface area contributed by atoms with Gasteiger partial charge in [-0.15, -0.1) is 0 Å². The molecule has 0 aromatic heterocycles. The Kier molecular flexibility index (Phi) is 5.89. The van der Waals surface area contributed by atoms with Crippen LogP contribution in [0.1, 0.15) is 38.5 Å². The van der Waals surface area contributed by atoms with E-state index in [9.17, 15) is 29.4 Å². The van der Waals surface area contributed by atoms with Crippen LogP contribution in [-0.4, -0.2) is 44.3 Å². The fraction of sp³-hybridized carbons (Fsp3) is 0.600. The summed E-state index contributed by atoms with van der Waals surface area (Å²) in [5, 5.41) is 36.9. The molecular weight excluding hydrogens is 308 g/mol. The first-order valence-corrected chi connectivity index (χ1v) is 7.16. The third kappa shape index (κ3) is 4.30. The second-order valence-corrected chi connectivity index (χ2v) is 5.96. The third-order valence-corrected chi connectivity index (χ3v) is 4.63. The number of hydrogen-bond acceptors (Lipinski definition) is 4. The Labute approximate surface area is 132 Å². The number of aliphatic carboxylic acids is 4. The summed E-state index contributed by atoms with van der Waals surface area (Å²) < 4.78 is 0. The van der Waals surface area contributed by atoms with Crippen LogP contribution >= 0.6 is 0 Å². The molecule has 0 spiro atoms. The van der Waals surface area contributed by atoms with E-state index >= 15 is 0 Å². The van der Waals surface area contributed by atoms with Crippen LogP contribution in [0.15, 0.2) is 12.2 Å². The molecule has 8 heteroatoms. The number of allylic oxidation sites excluding steroid dienone is 1. The average Bonchev–Trinajstić information content (AvgIpc) is 2.43. The first-order chi connectivity index (χ1) is 10.6. The quantitative estimate of drug-likeness (QED) is 0.489. The molecule has 2 unspecified atom stereocenters. The molecule has 0 radical (unpaired) electrons. The third-order valence-electron chi connectivity index (χ3n) is 4.63. The monoisotopic (exact) mass is 328 g/mol. The summed E-state index contributed by atoms with van der Waals surface area (Å²) in [5.41, 5.74) is -0.602. The van der Waals surface area contributed by atoms with Gasteiger partial charge in [0, 0.05) is 0 Å². The molecule has 0 amide bonds. The highest BCUT2D eigenvalue weighted by atomic mass is 16.4. The van der Waals surface area contributed by atoms with Crippen molar-refractivity contribution < 1.29 is 39.6 Å². The van der Waals surface area contributed by atoms with Crippen molar-refractivity contribution in [2.75, 3.05) is 0 Å². The second-order valence-electron chi connectivity index (χ2n) is 5.96. The van der Waals surface area contributed by atoms with E-state index in [2.05, 4.69) is 6.58 Å². The Hall–Kier alpha value is -2.38. The van der Waals surface area contributed by atoms with Gasteiger partial charge in [-0.3, -0.25) is 19.2 Å². The van der Waals surface area contributed by atoms with Gasteiger partial charge in [0.1, 0.15) is 0 Å². The average molecular weight is 328 g/mol. The van der Waals surface area contributed by atoms with Crippen LogP contribution in [-0.2, 0) is 19.2 Å². The summed E-state index contributed by atoms with van der Waals surface area (Å²) in [6.45, 7) is 3.78. The van der Waals surface area contributed by atoms with Crippen molar-refractivity contribution in [1.29, 1.82) is 0 Å². The minimum Gasteiger partial charge on any atom is -0.481 e. The highest BCUT2D eigenvalue weighted by Gasteiger charge is 2.53. The summed E-state index contributed by atoms with van der Waals surface area (Å²) >= 11 is 0. The summed E-state index contributed by atoms with van der Waals surface area (Å²) in [7, 11) is 0. The van der Waals surface area contributed by atoms with Crippen molar-refractivity contribution >= 4 is 23.9 Å². The van der Waals surface area contributed by atoms with Gasteiger partial charge >= 0.3 is 23.9 Å². The van der Waals surface area contributed by atoms with Crippen LogP contribution in [0.2, 0.25) is 0 Å². The molecule has 0 aromatic rings. The fourth-order valence-electron chi connectivity index (χ4n) is 3.43. The molecule has 0 bridgehead atoms. The molecule has 2 atom stereocenters. The zero-order valence-electron chi connectivity index (χ0n) is 12.5. The maximum absolute atomic E-state index is 11.6. The van der Waals surface area contributed by atoms with Crippen LogP contribution < -0.4 is 0 Å². The highest BCUT2D eigenvalue weighted by molar-refractivity contribution is 5.82. The number of carboxylic acids is 4. The van der Waals surface area contributed by atoms with E-state index in [1.54, 1.807) is 0 Å².